The number of phosphoric ester groups is 1. The van der Waals surface area contributed by atoms with Gasteiger partial charge in [0.1, 0.15) is 19.8 Å². The monoisotopic (exact) mass is 830 g/mol. The van der Waals surface area contributed by atoms with Crippen molar-refractivity contribution < 1.29 is 42.1 Å². The number of ether oxygens (including phenoxy) is 2. The van der Waals surface area contributed by atoms with Crippen LogP contribution >= 0.6 is 7.82 Å². The summed E-state index contributed by atoms with van der Waals surface area (Å²) < 4.78 is 33.8. The zero-order valence-corrected chi connectivity index (χ0v) is 37.8. The largest absolute Gasteiger partial charge is 0.756 e. The van der Waals surface area contributed by atoms with Gasteiger partial charge in [-0.05, 0) is 77.0 Å². The van der Waals surface area contributed by atoms with Gasteiger partial charge in [0.15, 0.2) is 6.10 Å². The minimum absolute atomic E-state index is 0.0482. The molecule has 2 atom stereocenters. The Morgan fingerprint density at radius 1 is 0.569 bits per heavy atom. The Hall–Kier alpha value is -3.07. The van der Waals surface area contributed by atoms with Crippen LogP contribution in [0.5, 0.6) is 0 Å². The lowest BCUT2D eigenvalue weighted by atomic mass is 10.1. The second kappa shape index (κ2) is 39.4. The molecule has 0 aromatic rings. The SMILES string of the molecule is CC/C=C/C=C/C=C/C=C/CCCCCC(=O)OC(COC(=O)CCCCCCC/C=C/C/C=C/C/C=C/C/C=C/CCCCC)COP(=O)([O-])OCC[N+](C)(C)C. The summed E-state index contributed by atoms with van der Waals surface area (Å²) in [5, 5.41) is 0. The number of hydrogen-bond acceptors (Lipinski definition) is 8. The second-order valence-corrected chi connectivity index (χ2v) is 16.8. The van der Waals surface area contributed by atoms with Gasteiger partial charge in [-0.2, -0.15) is 0 Å². The summed E-state index contributed by atoms with van der Waals surface area (Å²) in [5.41, 5.74) is 0. The van der Waals surface area contributed by atoms with Crippen molar-refractivity contribution >= 4 is 19.8 Å². The maximum absolute atomic E-state index is 12.6. The summed E-state index contributed by atoms with van der Waals surface area (Å²) >= 11 is 0. The van der Waals surface area contributed by atoms with Gasteiger partial charge >= 0.3 is 11.9 Å². The molecule has 0 amide bonds. The summed E-state index contributed by atoms with van der Waals surface area (Å²) in [6.45, 7) is 3.95. The van der Waals surface area contributed by atoms with Crippen LogP contribution in [-0.2, 0) is 32.7 Å². The van der Waals surface area contributed by atoms with Crippen LogP contribution in [0.4, 0.5) is 0 Å². The first kappa shape index (κ1) is 54.9. The molecule has 0 aromatic carbocycles. The summed E-state index contributed by atoms with van der Waals surface area (Å²) in [7, 11) is 1.11. The van der Waals surface area contributed by atoms with Crippen LogP contribution in [0.25, 0.3) is 0 Å². The molecule has 0 fully saturated rings. The van der Waals surface area contributed by atoms with Gasteiger partial charge in [-0.3, -0.25) is 14.2 Å². The van der Waals surface area contributed by atoms with Crippen molar-refractivity contribution in [3.63, 3.8) is 0 Å². The Labute approximate surface area is 353 Å². The van der Waals surface area contributed by atoms with Crippen molar-refractivity contribution in [1.82, 2.24) is 0 Å². The van der Waals surface area contributed by atoms with Crippen LogP contribution in [0.3, 0.4) is 0 Å². The van der Waals surface area contributed by atoms with Gasteiger partial charge < -0.3 is 27.9 Å². The fraction of sp³-hybridized carbons (Fsp3) is 0.625. The van der Waals surface area contributed by atoms with Crippen molar-refractivity contribution in [2.75, 3.05) is 47.5 Å². The molecule has 0 aliphatic carbocycles. The Morgan fingerprint density at radius 2 is 1.05 bits per heavy atom. The molecule has 58 heavy (non-hydrogen) atoms. The third kappa shape index (κ3) is 42.5. The smallest absolute Gasteiger partial charge is 0.306 e. The number of carbonyl (C=O) groups excluding carboxylic acids is 2. The molecule has 0 aromatic heterocycles. The minimum atomic E-state index is -4.65. The van der Waals surface area contributed by atoms with Gasteiger partial charge in [-0.25, -0.2) is 0 Å². The molecule has 0 rings (SSSR count). The van der Waals surface area contributed by atoms with E-state index in [2.05, 4.69) is 74.6 Å². The number of rotatable bonds is 38. The first-order valence-corrected chi connectivity index (χ1v) is 23.5. The van der Waals surface area contributed by atoms with E-state index in [0.717, 1.165) is 77.0 Å². The van der Waals surface area contributed by atoms with Crippen LogP contribution in [0.2, 0.25) is 0 Å². The highest BCUT2D eigenvalue weighted by atomic mass is 31.2. The third-order valence-corrected chi connectivity index (χ3v) is 9.65. The molecule has 0 aliphatic rings. The lowest BCUT2D eigenvalue weighted by Gasteiger charge is -2.28. The molecule has 0 bridgehead atoms. The standard InChI is InChI=1S/C48H80NO8P/c1-6-8-10-12-14-16-18-20-21-22-23-24-25-26-27-29-30-32-34-36-38-40-47(50)54-44-46(45-56-58(52,53)55-43-42-49(3,4)5)57-48(51)41-39-37-35-33-31-28-19-17-15-13-11-9-7-2/h9,11,13-17,19-21,23-24,26-28,31,46H,6-8,10,12,18,22,25,29-30,32-45H2,1-5H3/b11-9+,15-13+,16-14+,19-17+,21-20+,24-23+,27-26+,31-28+. The molecule has 0 aliphatic heterocycles. The van der Waals surface area contributed by atoms with E-state index < -0.39 is 32.5 Å². The minimum Gasteiger partial charge on any atom is -0.756 e. The van der Waals surface area contributed by atoms with Crippen molar-refractivity contribution in [2.45, 2.75) is 148 Å². The molecule has 10 heteroatoms. The fourth-order valence-corrected chi connectivity index (χ4v) is 5.96. The molecule has 2 unspecified atom stereocenters. The maximum atomic E-state index is 12.6. The van der Waals surface area contributed by atoms with Crippen LogP contribution in [-0.4, -0.2) is 70.0 Å². The van der Waals surface area contributed by atoms with E-state index in [1.165, 1.54) is 25.7 Å². The van der Waals surface area contributed by atoms with Crippen LogP contribution < -0.4 is 4.89 Å². The number of esters is 2. The molecule has 0 saturated carbocycles. The molecule has 0 spiro atoms. The van der Waals surface area contributed by atoms with Crippen molar-refractivity contribution in [1.29, 1.82) is 0 Å². The number of quaternary nitrogens is 1. The Kier molecular flexibility index (Phi) is 37.3. The number of allylic oxidation sites excluding steroid dienone is 16. The van der Waals surface area contributed by atoms with Crippen molar-refractivity contribution in [2.24, 2.45) is 0 Å². The van der Waals surface area contributed by atoms with E-state index in [-0.39, 0.29) is 26.1 Å². The zero-order chi connectivity index (χ0) is 42.8. The number of carbonyl (C=O) groups is 2. The maximum Gasteiger partial charge on any atom is 0.306 e. The number of hydrogen-bond donors (Lipinski definition) is 0. The van der Waals surface area contributed by atoms with E-state index in [1.54, 1.807) is 0 Å². The predicted molar refractivity (Wildman–Crippen MR) is 240 cm³/mol. The second-order valence-electron chi connectivity index (χ2n) is 15.4. The van der Waals surface area contributed by atoms with Gasteiger partial charge in [0, 0.05) is 12.8 Å². The summed E-state index contributed by atoms with van der Waals surface area (Å²) in [6, 6.07) is 0. The average molecular weight is 830 g/mol. The van der Waals surface area contributed by atoms with Gasteiger partial charge in [0.25, 0.3) is 7.82 Å². The van der Waals surface area contributed by atoms with E-state index in [4.69, 9.17) is 18.5 Å². The molecule has 0 heterocycles. The lowest BCUT2D eigenvalue weighted by Crippen LogP contribution is -2.37. The van der Waals surface area contributed by atoms with Gasteiger partial charge in [0.05, 0.1) is 27.7 Å². The number of likely N-dealkylation sites (N-methyl/N-ethyl adjacent to an activating group) is 1. The van der Waals surface area contributed by atoms with E-state index in [0.29, 0.717) is 23.9 Å². The lowest BCUT2D eigenvalue weighted by molar-refractivity contribution is -0.870. The number of phosphoric acid groups is 1. The molecule has 0 radical (unpaired) electrons. The summed E-state index contributed by atoms with van der Waals surface area (Å²) in [4.78, 5) is 37.5. The normalized spacial score (nSPS) is 14.5. The van der Waals surface area contributed by atoms with Gasteiger partial charge in [-0.1, -0.05) is 150 Å². The van der Waals surface area contributed by atoms with Crippen LogP contribution in [0.15, 0.2) is 97.2 Å². The van der Waals surface area contributed by atoms with Crippen molar-refractivity contribution in [3.05, 3.63) is 97.2 Å². The van der Waals surface area contributed by atoms with Crippen molar-refractivity contribution in [3.8, 4) is 0 Å². The molecule has 9 nitrogen and oxygen atoms in total. The molecular weight excluding hydrogens is 750 g/mol. The molecule has 0 N–H and O–H groups in total. The number of unbranched alkanes of at least 4 members (excludes halogenated alkanes) is 11. The highest BCUT2D eigenvalue weighted by molar-refractivity contribution is 7.45. The topological polar surface area (TPSA) is 111 Å². The van der Waals surface area contributed by atoms with Crippen LogP contribution in [0, 0.1) is 0 Å². The van der Waals surface area contributed by atoms with Gasteiger partial charge in [0.2, 0.25) is 0 Å². The highest BCUT2D eigenvalue weighted by Gasteiger charge is 2.21. The van der Waals surface area contributed by atoms with Crippen LogP contribution in [0.1, 0.15) is 142 Å². The van der Waals surface area contributed by atoms with E-state index in [1.807, 2.05) is 57.6 Å². The third-order valence-electron chi connectivity index (χ3n) is 8.68. The summed E-state index contributed by atoms with van der Waals surface area (Å²) in [6.07, 6.45) is 51.5. The first-order valence-electron chi connectivity index (χ1n) is 22.0. The Bertz CT molecular complexity index is 1300. The number of nitrogens with zero attached hydrogens (tertiary/aromatic N) is 1. The van der Waals surface area contributed by atoms with E-state index in [9.17, 15) is 19.0 Å². The van der Waals surface area contributed by atoms with E-state index >= 15 is 0 Å². The molecule has 330 valence electrons. The van der Waals surface area contributed by atoms with Gasteiger partial charge in [-0.15, -0.1) is 0 Å². The highest BCUT2D eigenvalue weighted by Crippen LogP contribution is 2.38. The fourth-order valence-electron chi connectivity index (χ4n) is 5.23. The summed E-state index contributed by atoms with van der Waals surface area (Å²) in [5.74, 6) is -0.913. The average Bonchev–Trinajstić information content (AvgIpc) is 3.17. The quantitative estimate of drug-likeness (QED) is 0.0151. The molecular formula is C48H80NO8P. The zero-order valence-electron chi connectivity index (χ0n) is 36.9. The predicted octanol–water partition coefficient (Wildman–Crippen LogP) is 11.9. The first-order chi connectivity index (χ1) is 28.0. The Balaban J connectivity index is 4.43. The molecule has 0 saturated heterocycles. The Morgan fingerprint density at radius 3 is 1.64 bits per heavy atom.